The van der Waals surface area contributed by atoms with Gasteiger partial charge in [-0.25, -0.2) is 4.79 Å². The molecule has 110 valence electrons. The Morgan fingerprint density at radius 2 is 2.30 bits per heavy atom. The lowest BCUT2D eigenvalue weighted by Gasteiger charge is -2.28. The molecule has 1 amide bonds. The third-order valence-electron chi connectivity index (χ3n) is 3.99. The van der Waals surface area contributed by atoms with Crippen LogP contribution in [0.3, 0.4) is 0 Å². The molecule has 0 radical (unpaired) electrons. The minimum atomic E-state index is -0.360. The molecule has 3 N–H and O–H groups in total. The molecule has 0 bridgehead atoms. The lowest BCUT2D eigenvalue weighted by Crippen LogP contribution is -2.27. The first-order chi connectivity index (χ1) is 9.71. The summed E-state index contributed by atoms with van der Waals surface area (Å²) in [7, 11) is 0. The summed E-state index contributed by atoms with van der Waals surface area (Å²) in [5.41, 5.74) is 7.31. The van der Waals surface area contributed by atoms with Crippen LogP contribution in [0, 0.1) is 5.92 Å². The molecule has 0 aliphatic heterocycles. The molecule has 1 saturated carbocycles. The van der Waals surface area contributed by atoms with Crippen LogP contribution in [0.2, 0.25) is 0 Å². The largest absolute Gasteiger partial charge is 0.446 e. The Balaban J connectivity index is 1.85. The number of nitrogens with two attached hydrogens (primary N) is 1. The molecule has 1 aromatic carbocycles. The number of amides is 1. The topological polar surface area (TPSA) is 64.3 Å². The van der Waals surface area contributed by atoms with Crippen molar-refractivity contribution < 1.29 is 9.53 Å². The first-order valence-electron chi connectivity index (χ1n) is 7.48. The SMILES string of the molecule is CCC1CCCC(OC(=O)Nc2cccc(CN)c2)C1. The van der Waals surface area contributed by atoms with E-state index in [-0.39, 0.29) is 12.2 Å². The van der Waals surface area contributed by atoms with E-state index in [0.717, 1.165) is 30.5 Å². The fourth-order valence-electron chi connectivity index (χ4n) is 2.79. The average Bonchev–Trinajstić information content (AvgIpc) is 2.47. The number of hydrogen-bond donors (Lipinski definition) is 2. The minimum Gasteiger partial charge on any atom is -0.446 e. The Kier molecular flexibility index (Phi) is 5.41. The maximum absolute atomic E-state index is 11.9. The fourth-order valence-corrected chi connectivity index (χ4v) is 2.79. The van der Waals surface area contributed by atoms with Gasteiger partial charge in [0.2, 0.25) is 0 Å². The molecule has 20 heavy (non-hydrogen) atoms. The molecular formula is C16H24N2O2. The van der Waals surface area contributed by atoms with Crippen molar-refractivity contribution in [2.75, 3.05) is 5.32 Å². The standard InChI is InChI=1S/C16H24N2O2/c1-2-12-5-4-8-15(10-12)20-16(19)18-14-7-3-6-13(9-14)11-17/h3,6-7,9,12,15H,2,4-5,8,10-11,17H2,1H3,(H,18,19). The quantitative estimate of drug-likeness (QED) is 0.882. The third-order valence-corrected chi connectivity index (χ3v) is 3.99. The van der Waals surface area contributed by atoms with E-state index < -0.39 is 0 Å². The van der Waals surface area contributed by atoms with Crippen molar-refractivity contribution in [1.82, 2.24) is 0 Å². The number of carbonyl (C=O) groups is 1. The van der Waals surface area contributed by atoms with E-state index in [1.165, 1.54) is 12.8 Å². The van der Waals surface area contributed by atoms with Crippen LogP contribution in [0.1, 0.15) is 44.6 Å². The van der Waals surface area contributed by atoms with Crippen LogP contribution in [0.5, 0.6) is 0 Å². The first-order valence-corrected chi connectivity index (χ1v) is 7.48. The zero-order valence-corrected chi connectivity index (χ0v) is 12.1. The van der Waals surface area contributed by atoms with Gasteiger partial charge in [0, 0.05) is 12.2 Å². The van der Waals surface area contributed by atoms with Gasteiger partial charge >= 0.3 is 6.09 Å². The number of nitrogens with one attached hydrogen (secondary N) is 1. The zero-order chi connectivity index (χ0) is 14.4. The second-order valence-electron chi connectivity index (χ2n) is 5.50. The highest BCUT2D eigenvalue weighted by molar-refractivity contribution is 5.84. The van der Waals surface area contributed by atoms with Crippen molar-refractivity contribution in [1.29, 1.82) is 0 Å². The van der Waals surface area contributed by atoms with Gasteiger partial charge in [0.15, 0.2) is 0 Å². The predicted octanol–water partition coefficient (Wildman–Crippen LogP) is 3.66. The average molecular weight is 276 g/mol. The maximum atomic E-state index is 11.9. The van der Waals surface area contributed by atoms with Gasteiger partial charge < -0.3 is 10.5 Å². The van der Waals surface area contributed by atoms with Crippen molar-refractivity contribution in [3.63, 3.8) is 0 Å². The summed E-state index contributed by atoms with van der Waals surface area (Å²) in [5, 5.41) is 2.78. The van der Waals surface area contributed by atoms with Gasteiger partial charge in [-0.2, -0.15) is 0 Å². The Bertz CT molecular complexity index is 448. The van der Waals surface area contributed by atoms with Crippen LogP contribution < -0.4 is 11.1 Å². The lowest BCUT2D eigenvalue weighted by atomic mass is 9.85. The highest BCUT2D eigenvalue weighted by Gasteiger charge is 2.23. The highest BCUT2D eigenvalue weighted by Crippen LogP contribution is 2.28. The molecule has 4 heteroatoms. The molecule has 2 unspecified atom stereocenters. The van der Waals surface area contributed by atoms with Gasteiger partial charge in [-0.05, 0) is 42.9 Å². The lowest BCUT2D eigenvalue weighted by molar-refractivity contribution is 0.0685. The van der Waals surface area contributed by atoms with Crippen molar-refractivity contribution >= 4 is 11.8 Å². The van der Waals surface area contributed by atoms with Crippen LogP contribution in [-0.2, 0) is 11.3 Å². The van der Waals surface area contributed by atoms with E-state index in [1.54, 1.807) is 0 Å². The summed E-state index contributed by atoms with van der Waals surface area (Å²) in [6.07, 6.45) is 5.25. The molecule has 1 aliphatic rings. The summed E-state index contributed by atoms with van der Waals surface area (Å²) in [4.78, 5) is 11.9. The van der Waals surface area contributed by atoms with Crippen molar-refractivity contribution in [3.8, 4) is 0 Å². The van der Waals surface area contributed by atoms with E-state index in [1.807, 2.05) is 24.3 Å². The Hall–Kier alpha value is -1.55. The Morgan fingerprint density at radius 3 is 3.05 bits per heavy atom. The van der Waals surface area contributed by atoms with Crippen LogP contribution >= 0.6 is 0 Å². The van der Waals surface area contributed by atoms with Crippen LogP contribution in [0.15, 0.2) is 24.3 Å². The second kappa shape index (κ2) is 7.29. The molecule has 4 nitrogen and oxygen atoms in total. The summed E-state index contributed by atoms with van der Waals surface area (Å²) in [5.74, 6) is 0.696. The summed E-state index contributed by atoms with van der Waals surface area (Å²) in [6, 6.07) is 7.53. The van der Waals surface area contributed by atoms with Gasteiger partial charge in [0.05, 0.1) is 0 Å². The Morgan fingerprint density at radius 1 is 1.45 bits per heavy atom. The van der Waals surface area contributed by atoms with Gasteiger partial charge in [-0.3, -0.25) is 5.32 Å². The summed E-state index contributed by atoms with van der Waals surface area (Å²) >= 11 is 0. The molecular weight excluding hydrogens is 252 g/mol. The number of rotatable bonds is 4. The number of carbonyl (C=O) groups excluding carboxylic acids is 1. The number of benzene rings is 1. The van der Waals surface area contributed by atoms with Crippen LogP contribution in [0.4, 0.5) is 10.5 Å². The fraction of sp³-hybridized carbons (Fsp3) is 0.562. The van der Waals surface area contributed by atoms with Gasteiger partial charge in [0.1, 0.15) is 6.10 Å². The van der Waals surface area contributed by atoms with E-state index in [4.69, 9.17) is 10.5 Å². The second-order valence-corrected chi connectivity index (χ2v) is 5.50. The van der Waals surface area contributed by atoms with Crippen molar-refractivity contribution in [2.45, 2.75) is 51.7 Å². The molecule has 2 atom stereocenters. The molecule has 0 saturated heterocycles. The summed E-state index contributed by atoms with van der Waals surface area (Å²) in [6.45, 7) is 2.66. The van der Waals surface area contributed by atoms with Crippen LogP contribution in [0.25, 0.3) is 0 Å². The summed E-state index contributed by atoms with van der Waals surface area (Å²) < 4.78 is 5.52. The van der Waals surface area contributed by atoms with Crippen molar-refractivity contribution in [3.05, 3.63) is 29.8 Å². The van der Waals surface area contributed by atoms with E-state index in [9.17, 15) is 4.79 Å². The Labute approximate surface area is 120 Å². The highest BCUT2D eigenvalue weighted by atomic mass is 16.6. The van der Waals surface area contributed by atoms with Crippen molar-refractivity contribution in [2.24, 2.45) is 11.7 Å². The van der Waals surface area contributed by atoms with E-state index in [0.29, 0.717) is 12.5 Å². The molecule has 1 aromatic rings. The molecule has 1 fully saturated rings. The molecule has 0 aromatic heterocycles. The number of hydrogen-bond acceptors (Lipinski definition) is 3. The van der Waals surface area contributed by atoms with E-state index in [2.05, 4.69) is 12.2 Å². The van der Waals surface area contributed by atoms with E-state index >= 15 is 0 Å². The molecule has 2 rings (SSSR count). The monoisotopic (exact) mass is 276 g/mol. The normalized spacial score (nSPS) is 22.3. The third kappa shape index (κ3) is 4.23. The molecule has 1 aliphatic carbocycles. The number of anilines is 1. The maximum Gasteiger partial charge on any atom is 0.411 e. The first kappa shape index (κ1) is 14.9. The van der Waals surface area contributed by atoms with Gasteiger partial charge in [-0.1, -0.05) is 31.9 Å². The minimum absolute atomic E-state index is 0.0615. The number of ether oxygens (including phenoxy) is 1. The van der Waals surface area contributed by atoms with Gasteiger partial charge in [0.25, 0.3) is 0 Å². The van der Waals surface area contributed by atoms with Crippen LogP contribution in [-0.4, -0.2) is 12.2 Å². The molecule has 0 spiro atoms. The van der Waals surface area contributed by atoms with Gasteiger partial charge in [-0.15, -0.1) is 0 Å². The zero-order valence-electron chi connectivity index (χ0n) is 12.1. The predicted molar refractivity (Wildman–Crippen MR) is 80.5 cm³/mol. The molecule has 0 heterocycles. The smallest absolute Gasteiger partial charge is 0.411 e.